The van der Waals surface area contributed by atoms with E-state index in [0.29, 0.717) is 12.7 Å². The third-order valence-corrected chi connectivity index (χ3v) is 3.60. The second kappa shape index (κ2) is 4.41. The first-order chi connectivity index (χ1) is 7.22. The summed E-state index contributed by atoms with van der Waals surface area (Å²) in [4.78, 5) is 10.2. The van der Waals surface area contributed by atoms with Crippen LogP contribution in [0, 0.1) is 0 Å². The number of hydrogen-bond acceptors (Lipinski definition) is 5. The molecule has 82 valence electrons. The smallest absolute Gasteiger partial charge is 0.299 e. The molecule has 2 heterocycles. The van der Waals surface area contributed by atoms with Crippen molar-refractivity contribution in [1.29, 1.82) is 0 Å². The summed E-state index contributed by atoms with van der Waals surface area (Å²) in [6, 6.07) is 0. The standard InChI is InChI=1S/C9H11O5P/c10-5-1-3-8-7-9-4-2-6-12-15(11,13-8)14-9/h1-5,8-9H,6-7H2/b3-1+/t8-,9-,15?/m0/s1. The molecule has 0 amide bonds. The number of rotatable bonds is 2. The highest BCUT2D eigenvalue weighted by Gasteiger charge is 2.39. The minimum Gasteiger partial charge on any atom is -0.299 e. The van der Waals surface area contributed by atoms with Crippen molar-refractivity contribution in [2.45, 2.75) is 18.6 Å². The molecule has 0 N–H and O–H groups in total. The molecule has 1 fully saturated rings. The fourth-order valence-electron chi connectivity index (χ4n) is 1.47. The fraction of sp³-hybridized carbons (Fsp3) is 0.444. The van der Waals surface area contributed by atoms with Crippen molar-refractivity contribution in [3.8, 4) is 0 Å². The summed E-state index contributed by atoms with van der Waals surface area (Å²) >= 11 is 0. The zero-order valence-corrected chi connectivity index (χ0v) is 8.84. The van der Waals surface area contributed by atoms with Crippen LogP contribution in [0.4, 0.5) is 0 Å². The van der Waals surface area contributed by atoms with Gasteiger partial charge in [-0.2, -0.15) is 0 Å². The van der Waals surface area contributed by atoms with E-state index in [1.807, 2.05) is 0 Å². The molecule has 5 nitrogen and oxygen atoms in total. The molecule has 2 rings (SSSR count). The Morgan fingerprint density at radius 2 is 2.27 bits per heavy atom. The van der Waals surface area contributed by atoms with E-state index in [1.165, 1.54) is 6.08 Å². The average molecular weight is 230 g/mol. The molecule has 6 heteroatoms. The summed E-state index contributed by atoms with van der Waals surface area (Å²) in [6.45, 7) is 0.220. The van der Waals surface area contributed by atoms with E-state index < -0.39 is 13.9 Å². The van der Waals surface area contributed by atoms with E-state index in [1.54, 1.807) is 18.2 Å². The van der Waals surface area contributed by atoms with Gasteiger partial charge in [-0.1, -0.05) is 18.2 Å². The van der Waals surface area contributed by atoms with Crippen molar-refractivity contribution < 1.29 is 22.9 Å². The van der Waals surface area contributed by atoms with Gasteiger partial charge in [-0.25, -0.2) is 4.57 Å². The Balaban J connectivity index is 2.14. The molecule has 0 spiro atoms. The zero-order chi connectivity index (χ0) is 10.7. The second-order valence-electron chi connectivity index (χ2n) is 3.22. The van der Waals surface area contributed by atoms with Crippen LogP contribution < -0.4 is 0 Å². The molecule has 0 aliphatic carbocycles. The van der Waals surface area contributed by atoms with Crippen LogP contribution >= 0.6 is 7.82 Å². The molecular formula is C9H11O5P. The topological polar surface area (TPSA) is 61.8 Å². The van der Waals surface area contributed by atoms with E-state index >= 15 is 0 Å². The van der Waals surface area contributed by atoms with E-state index in [0.717, 1.165) is 0 Å². The van der Waals surface area contributed by atoms with Crippen LogP contribution in [0.25, 0.3) is 0 Å². The van der Waals surface area contributed by atoms with Crippen LogP contribution in [0.1, 0.15) is 6.42 Å². The number of hydrogen-bond donors (Lipinski definition) is 0. The zero-order valence-electron chi connectivity index (χ0n) is 7.94. The number of carbonyl (C=O) groups excluding carboxylic acids is 1. The van der Waals surface area contributed by atoms with Crippen LogP contribution in [0.2, 0.25) is 0 Å². The van der Waals surface area contributed by atoms with E-state index in [-0.39, 0.29) is 12.7 Å². The van der Waals surface area contributed by atoms with Gasteiger partial charge >= 0.3 is 7.82 Å². The second-order valence-corrected chi connectivity index (χ2v) is 4.79. The van der Waals surface area contributed by atoms with Gasteiger partial charge in [-0.3, -0.25) is 18.4 Å². The minimum absolute atomic E-state index is 0.220. The van der Waals surface area contributed by atoms with Crippen LogP contribution in [0.5, 0.6) is 0 Å². The van der Waals surface area contributed by atoms with Gasteiger partial charge in [0.1, 0.15) is 6.29 Å². The van der Waals surface area contributed by atoms with Crippen molar-refractivity contribution in [2.75, 3.05) is 6.61 Å². The number of fused-ring (bicyclic) bond motifs is 2. The van der Waals surface area contributed by atoms with Crippen LogP contribution in [0.15, 0.2) is 24.3 Å². The SMILES string of the molecule is O=C/C=C/[C@H]1C[C@@H]2C=CCOP(=O)(O2)O1. The number of allylic oxidation sites excluding steroid dienone is 1. The first-order valence-electron chi connectivity index (χ1n) is 4.62. The largest absolute Gasteiger partial charge is 0.476 e. The predicted molar refractivity (Wildman–Crippen MR) is 52.3 cm³/mol. The Bertz CT molecular complexity index is 348. The lowest BCUT2D eigenvalue weighted by Gasteiger charge is -2.29. The lowest BCUT2D eigenvalue weighted by molar-refractivity contribution is -0.104. The van der Waals surface area contributed by atoms with Gasteiger partial charge in [0, 0.05) is 6.42 Å². The molecule has 2 bridgehead atoms. The van der Waals surface area contributed by atoms with Gasteiger partial charge in [0.25, 0.3) is 0 Å². The highest BCUT2D eigenvalue weighted by molar-refractivity contribution is 7.48. The molecule has 1 unspecified atom stereocenters. The number of phosphoric acid groups is 1. The first kappa shape index (κ1) is 10.8. The molecule has 0 aromatic rings. The van der Waals surface area contributed by atoms with Gasteiger partial charge in [0.2, 0.25) is 0 Å². The normalized spacial score (nSPS) is 40.3. The molecule has 2 aliphatic heterocycles. The van der Waals surface area contributed by atoms with Crippen molar-refractivity contribution in [3.05, 3.63) is 24.3 Å². The third-order valence-electron chi connectivity index (χ3n) is 2.08. The number of phosphoric ester groups is 1. The minimum atomic E-state index is -3.43. The Kier molecular flexibility index (Phi) is 3.17. The lowest BCUT2D eigenvalue weighted by atomic mass is 10.1. The molecule has 0 saturated carbocycles. The first-order valence-corrected chi connectivity index (χ1v) is 6.08. The van der Waals surface area contributed by atoms with Gasteiger partial charge < -0.3 is 0 Å². The molecule has 15 heavy (non-hydrogen) atoms. The molecular weight excluding hydrogens is 219 g/mol. The maximum atomic E-state index is 11.8. The van der Waals surface area contributed by atoms with E-state index in [2.05, 4.69) is 0 Å². The summed E-state index contributed by atoms with van der Waals surface area (Å²) in [6.07, 6.45) is 6.93. The van der Waals surface area contributed by atoms with E-state index in [9.17, 15) is 9.36 Å². The van der Waals surface area contributed by atoms with Gasteiger partial charge in [-0.15, -0.1) is 0 Å². The lowest BCUT2D eigenvalue weighted by Crippen LogP contribution is -2.25. The quantitative estimate of drug-likeness (QED) is 0.312. The number of carbonyl (C=O) groups is 1. The van der Waals surface area contributed by atoms with Gasteiger partial charge in [0.05, 0.1) is 18.8 Å². The fourth-order valence-corrected chi connectivity index (χ4v) is 2.89. The van der Waals surface area contributed by atoms with Crippen LogP contribution in [-0.4, -0.2) is 25.1 Å². The molecule has 3 atom stereocenters. The van der Waals surface area contributed by atoms with Crippen LogP contribution in [0.3, 0.4) is 0 Å². The summed E-state index contributed by atoms with van der Waals surface area (Å²) in [5, 5.41) is 0. The van der Waals surface area contributed by atoms with Crippen molar-refractivity contribution >= 4 is 14.1 Å². The number of aldehydes is 1. The molecule has 0 radical (unpaired) electrons. The maximum Gasteiger partial charge on any atom is 0.476 e. The summed E-state index contributed by atoms with van der Waals surface area (Å²) < 4.78 is 27.1. The average Bonchev–Trinajstić information content (AvgIpc) is 2.33. The van der Waals surface area contributed by atoms with Crippen molar-refractivity contribution in [1.82, 2.24) is 0 Å². The molecule has 2 aliphatic rings. The Labute approximate surface area is 87.3 Å². The molecule has 0 aromatic heterocycles. The maximum absolute atomic E-state index is 11.8. The van der Waals surface area contributed by atoms with Gasteiger partial charge in [-0.05, 0) is 6.08 Å². The summed E-state index contributed by atoms with van der Waals surface area (Å²) in [5.74, 6) is 0. The molecule has 1 saturated heterocycles. The Morgan fingerprint density at radius 1 is 1.40 bits per heavy atom. The monoisotopic (exact) mass is 230 g/mol. The Morgan fingerprint density at radius 3 is 3.07 bits per heavy atom. The summed E-state index contributed by atoms with van der Waals surface area (Å²) in [5.41, 5.74) is 0. The van der Waals surface area contributed by atoms with Crippen molar-refractivity contribution in [3.63, 3.8) is 0 Å². The van der Waals surface area contributed by atoms with Crippen LogP contribution in [-0.2, 0) is 22.9 Å². The summed E-state index contributed by atoms with van der Waals surface area (Å²) in [7, 11) is -3.43. The van der Waals surface area contributed by atoms with Gasteiger partial charge in [0.15, 0.2) is 0 Å². The highest BCUT2D eigenvalue weighted by Crippen LogP contribution is 2.56. The third kappa shape index (κ3) is 2.63. The highest BCUT2D eigenvalue weighted by atomic mass is 31.2. The van der Waals surface area contributed by atoms with E-state index in [4.69, 9.17) is 13.6 Å². The molecule has 0 aromatic carbocycles. The van der Waals surface area contributed by atoms with Crippen molar-refractivity contribution in [2.24, 2.45) is 0 Å². The Hall–Kier alpha value is -0.740. The predicted octanol–water partition coefficient (Wildman–Crippen LogP) is 1.61.